The normalized spacial score (nSPS) is 27.4. The second-order valence-electron chi connectivity index (χ2n) is 6.39. The number of carbonyl (C=O) groups excluding carboxylic acids is 1. The first-order valence-electron chi connectivity index (χ1n) is 7.68. The van der Waals surface area contributed by atoms with Gasteiger partial charge in [0, 0.05) is 18.0 Å². The largest absolute Gasteiger partial charge is 0.469 e. The lowest BCUT2D eigenvalue weighted by Crippen LogP contribution is -2.37. The molecule has 1 saturated carbocycles. The molecule has 0 N–H and O–H groups in total. The van der Waals surface area contributed by atoms with Crippen molar-refractivity contribution in [3.63, 3.8) is 0 Å². The van der Waals surface area contributed by atoms with Crippen molar-refractivity contribution in [3.05, 3.63) is 17.3 Å². The van der Waals surface area contributed by atoms with Crippen LogP contribution in [0.3, 0.4) is 0 Å². The van der Waals surface area contributed by atoms with Crippen molar-refractivity contribution >= 4 is 33.3 Å². The minimum absolute atomic E-state index is 0.0516. The smallest absolute Gasteiger partial charge is 0.313 e. The topological polar surface area (TPSA) is 55.3 Å². The number of esters is 1. The molecule has 2 aliphatic rings. The SMILES string of the molecule is COC(=O)C12CCCC1CN(c1ncnc3sc(C)cc13)C2. The Labute approximate surface area is 133 Å². The maximum absolute atomic E-state index is 12.4. The number of rotatable bonds is 2. The Morgan fingerprint density at radius 1 is 1.50 bits per heavy atom. The van der Waals surface area contributed by atoms with Gasteiger partial charge in [0.25, 0.3) is 0 Å². The first-order chi connectivity index (χ1) is 10.6. The van der Waals surface area contributed by atoms with Crippen molar-refractivity contribution in [1.82, 2.24) is 9.97 Å². The summed E-state index contributed by atoms with van der Waals surface area (Å²) in [4.78, 5) is 25.8. The molecule has 6 heteroatoms. The second-order valence-corrected chi connectivity index (χ2v) is 7.63. The fourth-order valence-corrected chi connectivity index (χ4v) is 5.04. The van der Waals surface area contributed by atoms with Crippen LogP contribution in [0.2, 0.25) is 0 Å². The van der Waals surface area contributed by atoms with E-state index >= 15 is 0 Å². The number of nitrogens with zero attached hydrogens (tertiary/aromatic N) is 3. The Bertz CT molecular complexity index is 744. The molecule has 0 spiro atoms. The van der Waals surface area contributed by atoms with E-state index in [0.29, 0.717) is 12.5 Å². The summed E-state index contributed by atoms with van der Waals surface area (Å²) in [6.07, 6.45) is 4.77. The minimum Gasteiger partial charge on any atom is -0.469 e. The quantitative estimate of drug-likeness (QED) is 0.797. The summed E-state index contributed by atoms with van der Waals surface area (Å²) in [5, 5.41) is 1.10. The van der Waals surface area contributed by atoms with Gasteiger partial charge in [0.2, 0.25) is 0 Å². The monoisotopic (exact) mass is 317 g/mol. The van der Waals surface area contributed by atoms with Gasteiger partial charge >= 0.3 is 5.97 Å². The van der Waals surface area contributed by atoms with Crippen LogP contribution in [0.15, 0.2) is 12.4 Å². The third-order valence-electron chi connectivity index (χ3n) is 5.19. The van der Waals surface area contributed by atoms with E-state index in [4.69, 9.17) is 4.74 Å². The van der Waals surface area contributed by atoms with Gasteiger partial charge in [-0.3, -0.25) is 4.79 Å². The average molecular weight is 317 g/mol. The van der Waals surface area contributed by atoms with Crippen LogP contribution in [0.4, 0.5) is 5.82 Å². The molecule has 0 amide bonds. The lowest BCUT2D eigenvalue weighted by atomic mass is 9.81. The van der Waals surface area contributed by atoms with E-state index in [2.05, 4.69) is 27.9 Å². The zero-order valence-electron chi connectivity index (χ0n) is 12.8. The number of hydrogen-bond acceptors (Lipinski definition) is 6. The molecule has 0 bridgehead atoms. The number of fused-ring (bicyclic) bond motifs is 2. The molecule has 2 unspecified atom stereocenters. The van der Waals surface area contributed by atoms with Gasteiger partial charge < -0.3 is 9.64 Å². The van der Waals surface area contributed by atoms with Crippen LogP contribution >= 0.6 is 11.3 Å². The molecule has 1 saturated heterocycles. The highest BCUT2D eigenvalue weighted by molar-refractivity contribution is 7.18. The summed E-state index contributed by atoms with van der Waals surface area (Å²) >= 11 is 1.69. The van der Waals surface area contributed by atoms with Crippen molar-refractivity contribution in [3.8, 4) is 0 Å². The highest BCUT2D eigenvalue weighted by Crippen LogP contribution is 2.50. The predicted octanol–water partition coefficient (Wildman–Crippen LogP) is 2.78. The van der Waals surface area contributed by atoms with Gasteiger partial charge in [-0.2, -0.15) is 0 Å². The van der Waals surface area contributed by atoms with Gasteiger partial charge in [-0.05, 0) is 31.7 Å². The van der Waals surface area contributed by atoms with Crippen LogP contribution in [0.5, 0.6) is 0 Å². The molecule has 4 rings (SSSR count). The van der Waals surface area contributed by atoms with Gasteiger partial charge in [-0.1, -0.05) is 6.42 Å². The fourth-order valence-electron chi connectivity index (χ4n) is 4.20. The Hall–Kier alpha value is -1.69. The summed E-state index contributed by atoms with van der Waals surface area (Å²) in [6, 6.07) is 2.15. The molecule has 2 aromatic rings. The molecule has 0 radical (unpaired) electrons. The van der Waals surface area contributed by atoms with Crippen LogP contribution in [-0.2, 0) is 9.53 Å². The molecular formula is C16H19N3O2S. The van der Waals surface area contributed by atoms with E-state index in [0.717, 1.165) is 41.8 Å². The van der Waals surface area contributed by atoms with Crippen LogP contribution < -0.4 is 4.90 Å². The van der Waals surface area contributed by atoms with Crippen LogP contribution in [-0.4, -0.2) is 36.1 Å². The van der Waals surface area contributed by atoms with Gasteiger partial charge in [0.1, 0.15) is 17.0 Å². The average Bonchev–Trinajstić information content (AvgIpc) is 3.16. The predicted molar refractivity (Wildman–Crippen MR) is 86.2 cm³/mol. The van der Waals surface area contributed by atoms with Gasteiger partial charge in [-0.15, -0.1) is 11.3 Å². The van der Waals surface area contributed by atoms with E-state index in [1.807, 2.05) is 0 Å². The van der Waals surface area contributed by atoms with Crippen molar-refractivity contribution < 1.29 is 9.53 Å². The van der Waals surface area contributed by atoms with Gasteiger partial charge in [-0.25, -0.2) is 9.97 Å². The first-order valence-corrected chi connectivity index (χ1v) is 8.50. The van der Waals surface area contributed by atoms with E-state index in [-0.39, 0.29) is 11.4 Å². The molecule has 0 aromatic carbocycles. The Morgan fingerprint density at radius 2 is 2.36 bits per heavy atom. The Kier molecular flexibility index (Phi) is 3.11. The van der Waals surface area contributed by atoms with Gasteiger partial charge in [0.05, 0.1) is 17.9 Å². The second kappa shape index (κ2) is 4.91. The molecule has 3 heterocycles. The third kappa shape index (κ3) is 1.86. The summed E-state index contributed by atoms with van der Waals surface area (Å²) in [6.45, 7) is 3.69. The standard InChI is InChI=1S/C16H19N3O2S/c1-10-6-12-13(17-9-18-14(12)22-10)19-7-11-4-3-5-16(11,8-19)15(20)21-2/h6,9,11H,3-5,7-8H2,1-2H3. The summed E-state index contributed by atoms with van der Waals surface area (Å²) < 4.78 is 5.12. The van der Waals surface area contributed by atoms with Crippen LogP contribution in [0.25, 0.3) is 10.2 Å². The Balaban J connectivity index is 1.74. The molecular weight excluding hydrogens is 298 g/mol. The van der Waals surface area contributed by atoms with E-state index in [1.165, 1.54) is 12.0 Å². The number of aromatic nitrogens is 2. The van der Waals surface area contributed by atoms with Gasteiger partial charge in [0.15, 0.2) is 0 Å². The third-order valence-corrected chi connectivity index (χ3v) is 6.15. The summed E-state index contributed by atoms with van der Waals surface area (Å²) in [7, 11) is 1.50. The highest BCUT2D eigenvalue weighted by atomic mass is 32.1. The van der Waals surface area contributed by atoms with E-state index in [1.54, 1.807) is 17.7 Å². The maximum atomic E-state index is 12.4. The number of thiophene rings is 1. The fraction of sp³-hybridized carbons (Fsp3) is 0.562. The number of anilines is 1. The molecule has 1 aliphatic heterocycles. The van der Waals surface area contributed by atoms with Crippen molar-refractivity contribution in [1.29, 1.82) is 0 Å². The molecule has 2 fully saturated rings. The zero-order valence-corrected chi connectivity index (χ0v) is 13.7. The number of ether oxygens (including phenoxy) is 1. The zero-order chi connectivity index (χ0) is 15.3. The molecule has 2 aromatic heterocycles. The summed E-state index contributed by atoms with van der Waals surface area (Å²) in [5.41, 5.74) is -0.336. The Morgan fingerprint density at radius 3 is 3.18 bits per heavy atom. The number of methoxy groups -OCH3 is 1. The molecule has 22 heavy (non-hydrogen) atoms. The van der Waals surface area contributed by atoms with Crippen molar-refractivity contribution in [2.45, 2.75) is 26.2 Å². The number of carbonyl (C=O) groups is 1. The maximum Gasteiger partial charge on any atom is 0.313 e. The molecule has 2 atom stereocenters. The molecule has 1 aliphatic carbocycles. The minimum atomic E-state index is -0.336. The summed E-state index contributed by atoms with van der Waals surface area (Å²) in [5.74, 6) is 1.29. The van der Waals surface area contributed by atoms with Crippen molar-refractivity contribution in [2.75, 3.05) is 25.1 Å². The van der Waals surface area contributed by atoms with E-state index < -0.39 is 0 Å². The van der Waals surface area contributed by atoms with Crippen LogP contribution in [0, 0.1) is 18.3 Å². The molecule has 5 nitrogen and oxygen atoms in total. The lowest BCUT2D eigenvalue weighted by molar-refractivity contribution is -0.152. The first kappa shape index (κ1) is 13.9. The lowest BCUT2D eigenvalue weighted by Gasteiger charge is -2.25. The van der Waals surface area contributed by atoms with E-state index in [9.17, 15) is 4.79 Å². The van der Waals surface area contributed by atoms with Crippen LogP contribution in [0.1, 0.15) is 24.1 Å². The van der Waals surface area contributed by atoms with Crippen molar-refractivity contribution in [2.24, 2.45) is 11.3 Å². The number of hydrogen-bond donors (Lipinski definition) is 0. The number of aryl methyl sites for hydroxylation is 1. The molecule has 116 valence electrons. The highest BCUT2D eigenvalue weighted by Gasteiger charge is 2.55.